The topological polar surface area (TPSA) is 36.9 Å². The number of ether oxygens (including phenoxy) is 4. The van der Waals surface area contributed by atoms with Crippen LogP contribution in [-0.4, -0.2) is 39.6 Å². The van der Waals surface area contributed by atoms with Gasteiger partial charge in [-0.2, -0.15) is 0 Å². The quantitative estimate of drug-likeness (QED) is 0.674. The zero-order chi connectivity index (χ0) is 13.3. The lowest BCUT2D eigenvalue weighted by molar-refractivity contribution is 0.104. The van der Waals surface area contributed by atoms with Crippen molar-refractivity contribution >= 4 is 0 Å². The molecule has 104 valence electrons. The van der Waals surface area contributed by atoms with Crippen LogP contribution in [0.4, 0.5) is 0 Å². The van der Waals surface area contributed by atoms with E-state index in [4.69, 9.17) is 18.9 Å². The fourth-order valence-electron chi connectivity index (χ4n) is 1.71. The minimum absolute atomic E-state index is 0.518. The van der Waals surface area contributed by atoms with Crippen LogP contribution in [0.5, 0.6) is 11.5 Å². The maximum atomic E-state index is 5.70. The predicted octanol–water partition coefficient (Wildman–Crippen LogP) is 2.36. The molecule has 4 heteroatoms. The number of aryl methyl sites for hydroxylation is 1. The van der Waals surface area contributed by atoms with E-state index in [1.165, 1.54) is 0 Å². The normalized spacial score (nSPS) is 19.4. The number of fused-ring (bicyclic) bond motifs is 1. The fourth-order valence-corrected chi connectivity index (χ4v) is 1.71. The van der Waals surface area contributed by atoms with Crippen molar-refractivity contribution in [3.63, 3.8) is 0 Å². The van der Waals surface area contributed by atoms with E-state index < -0.39 is 0 Å². The van der Waals surface area contributed by atoms with Gasteiger partial charge in [0.05, 0.1) is 26.4 Å². The molecule has 1 heterocycles. The minimum Gasteiger partial charge on any atom is -0.487 e. The third-order valence-electron chi connectivity index (χ3n) is 2.66. The number of benzene rings is 1. The summed E-state index contributed by atoms with van der Waals surface area (Å²) in [6, 6.07) is 5.91. The van der Waals surface area contributed by atoms with Gasteiger partial charge in [0.15, 0.2) is 11.5 Å². The van der Waals surface area contributed by atoms with Crippen LogP contribution in [0.2, 0.25) is 0 Å². The zero-order valence-electron chi connectivity index (χ0n) is 11.3. The molecule has 0 amide bonds. The van der Waals surface area contributed by atoms with Crippen LogP contribution >= 0.6 is 0 Å². The lowest BCUT2D eigenvalue weighted by Crippen LogP contribution is -2.11. The lowest BCUT2D eigenvalue weighted by atomic mass is 10.2. The average Bonchev–Trinajstić information content (AvgIpc) is 2.41. The van der Waals surface area contributed by atoms with E-state index >= 15 is 0 Å². The molecule has 0 radical (unpaired) electrons. The van der Waals surface area contributed by atoms with E-state index in [2.05, 4.69) is 0 Å². The molecule has 0 saturated heterocycles. The second-order valence-electron chi connectivity index (χ2n) is 4.27. The molecule has 0 atom stereocenters. The van der Waals surface area contributed by atoms with Crippen molar-refractivity contribution in [2.24, 2.45) is 0 Å². The summed E-state index contributed by atoms with van der Waals surface area (Å²) >= 11 is 0. The van der Waals surface area contributed by atoms with Gasteiger partial charge in [-0.05, 0) is 24.6 Å². The second kappa shape index (κ2) is 7.81. The van der Waals surface area contributed by atoms with Crippen molar-refractivity contribution in [3.05, 3.63) is 35.9 Å². The Labute approximate surface area is 113 Å². The molecule has 0 unspecified atom stereocenters. The summed E-state index contributed by atoms with van der Waals surface area (Å²) in [6.45, 7) is 5.35. The highest BCUT2D eigenvalue weighted by atomic mass is 16.6. The molecule has 0 bridgehead atoms. The molecule has 19 heavy (non-hydrogen) atoms. The molecule has 2 rings (SSSR count). The maximum Gasteiger partial charge on any atom is 0.161 e. The van der Waals surface area contributed by atoms with Gasteiger partial charge in [0.2, 0.25) is 0 Å². The number of rotatable bonds is 0. The molecule has 1 aromatic rings. The van der Waals surface area contributed by atoms with Gasteiger partial charge in [-0.1, -0.05) is 18.2 Å². The van der Waals surface area contributed by atoms with E-state index in [-0.39, 0.29) is 0 Å². The molecule has 0 N–H and O–H groups in total. The van der Waals surface area contributed by atoms with E-state index in [0.717, 1.165) is 17.1 Å². The Balaban J connectivity index is 2.00. The van der Waals surface area contributed by atoms with Crippen molar-refractivity contribution in [1.29, 1.82) is 0 Å². The molecule has 0 spiro atoms. The van der Waals surface area contributed by atoms with Gasteiger partial charge in [0, 0.05) is 0 Å². The first-order chi connectivity index (χ1) is 9.36. The van der Waals surface area contributed by atoms with Crippen LogP contribution in [0, 0.1) is 6.92 Å². The van der Waals surface area contributed by atoms with E-state index in [0.29, 0.717) is 39.6 Å². The molecule has 0 saturated carbocycles. The summed E-state index contributed by atoms with van der Waals surface area (Å²) in [6.07, 6.45) is 3.90. The molecule has 1 aliphatic rings. The van der Waals surface area contributed by atoms with Crippen LogP contribution in [0.15, 0.2) is 30.4 Å². The van der Waals surface area contributed by atoms with Crippen LogP contribution in [0.3, 0.4) is 0 Å². The van der Waals surface area contributed by atoms with Gasteiger partial charge in [-0.25, -0.2) is 0 Å². The lowest BCUT2D eigenvalue weighted by Gasteiger charge is -2.14. The van der Waals surface area contributed by atoms with Crippen LogP contribution in [0.1, 0.15) is 5.56 Å². The van der Waals surface area contributed by atoms with E-state index in [1.807, 2.05) is 37.3 Å². The molecular weight excluding hydrogens is 244 g/mol. The first-order valence-corrected chi connectivity index (χ1v) is 6.53. The monoisotopic (exact) mass is 264 g/mol. The Morgan fingerprint density at radius 2 is 1.42 bits per heavy atom. The summed E-state index contributed by atoms with van der Waals surface area (Å²) in [5.74, 6) is 1.51. The third-order valence-corrected chi connectivity index (χ3v) is 2.66. The minimum atomic E-state index is 0.518. The van der Waals surface area contributed by atoms with Gasteiger partial charge in [-0.3, -0.25) is 0 Å². The van der Waals surface area contributed by atoms with Gasteiger partial charge in [-0.15, -0.1) is 0 Å². The Morgan fingerprint density at radius 1 is 0.789 bits per heavy atom. The molecule has 0 aliphatic carbocycles. The molecule has 0 aromatic heterocycles. The van der Waals surface area contributed by atoms with Crippen molar-refractivity contribution in [1.82, 2.24) is 0 Å². The zero-order valence-corrected chi connectivity index (χ0v) is 11.3. The third kappa shape index (κ3) is 4.93. The molecule has 4 nitrogen and oxygen atoms in total. The first kappa shape index (κ1) is 13.9. The van der Waals surface area contributed by atoms with Gasteiger partial charge >= 0.3 is 0 Å². The molecule has 0 fully saturated rings. The SMILES string of the molecule is Cc1ccc2c(c1)OCCOC/C=C\COCCO2. The highest BCUT2D eigenvalue weighted by Gasteiger charge is 2.06. The van der Waals surface area contributed by atoms with Gasteiger partial charge in [0.1, 0.15) is 13.2 Å². The summed E-state index contributed by atoms with van der Waals surface area (Å²) < 4.78 is 22.2. The average molecular weight is 264 g/mol. The highest BCUT2D eigenvalue weighted by Crippen LogP contribution is 2.28. The Hall–Kier alpha value is -1.52. The van der Waals surface area contributed by atoms with Crippen molar-refractivity contribution in [2.75, 3.05) is 39.6 Å². The van der Waals surface area contributed by atoms with E-state index in [1.54, 1.807) is 0 Å². The van der Waals surface area contributed by atoms with E-state index in [9.17, 15) is 0 Å². The van der Waals surface area contributed by atoms with Crippen molar-refractivity contribution in [3.8, 4) is 11.5 Å². The van der Waals surface area contributed by atoms with Crippen LogP contribution in [0.25, 0.3) is 0 Å². The van der Waals surface area contributed by atoms with Crippen LogP contribution in [-0.2, 0) is 9.47 Å². The molecule has 1 aliphatic heterocycles. The molecule has 1 aromatic carbocycles. The Kier molecular flexibility index (Phi) is 5.72. The van der Waals surface area contributed by atoms with Crippen LogP contribution < -0.4 is 9.47 Å². The predicted molar refractivity (Wildman–Crippen MR) is 72.9 cm³/mol. The van der Waals surface area contributed by atoms with Crippen molar-refractivity contribution < 1.29 is 18.9 Å². The fraction of sp³-hybridized carbons (Fsp3) is 0.467. The van der Waals surface area contributed by atoms with Gasteiger partial charge < -0.3 is 18.9 Å². The maximum absolute atomic E-state index is 5.70. The standard InChI is InChI=1S/C15H20O4/c1-13-4-5-14-15(12-13)19-11-9-17-7-3-2-6-16-8-10-18-14/h2-5,12H,6-11H2,1H3/b3-2-. The summed E-state index contributed by atoms with van der Waals surface area (Å²) in [7, 11) is 0. The number of hydrogen-bond acceptors (Lipinski definition) is 4. The van der Waals surface area contributed by atoms with Crippen molar-refractivity contribution in [2.45, 2.75) is 6.92 Å². The first-order valence-electron chi connectivity index (χ1n) is 6.53. The Bertz CT molecular complexity index is 415. The highest BCUT2D eigenvalue weighted by molar-refractivity contribution is 5.42. The summed E-state index contributed by atoms with van der Waals surface area (Å²) in [5, 5.41) is 0. The second-order valence-corrected chi connectivity index (χ2v) is 4.27. The molecular formula is C15H20O4. The largest absolute Gasteiger partial charge is 0.487 e. The summed E-state index contributed by atoms with van der Waals surface area (Å²) in [5.41, 5.74) is 1.14. The summed E-state index contributed by atoms with van der Waals surface area (Å²) in [4.78, 5) is 0. The number of hydrogen-bond donors (Lipinski definition) is 0. The smallest absolute Gasteiger partial charge is 0.161 e. The van der Waals surface area contributed by atoms with Gasteiger partial charge in [0.25, 0.3) is 0 Å². The Morgan fingerprint density at radius 3 is 2.11 bits per heavy atom.